The molecule has 0 fully saturated rings. The molecule has 0 aliphatic rings. The fraction of sp³-hybridized carbons (Fsp3) is 0.417. The maximum Gasteiger partial charge on any atom is 0.308 e. The third-order valence-electron chi connectivity index (χ3n) is 2.72. The lowest BCUT2D eigenvalue weighted by Gasteiger charge is -2.22. The van der Waals surface area contributed by atoms with Crippen molar-refractivity contribution in [2.45, 2.75) is 19.9 Å². The first-order chi connectivity index (χ1) is 7.07. The van der Waals surface area contributed by atoms with E-state index in [-0.39, 0.29) is 6.04 Å². The summed E-state index contributed by atoms with van der Waals surface area (Å²) in [6.07, 6.45) is 0. The highest BCUT2D eigenvalue weighted by Crippen LogP contribution is 2.24. The van der Waals surface area contributed by atoms with Crippen molar-refractivity contribution in [2.24, 2.45) is 5.92 Å². The van der Waals surface area contributed by atoms with Gasteiger partial charge < -0.3 is 10.4 Å². The largest absolute Gasteiger partial charge is 0.481 e. The molecule has 2 atom stereocenters. The van der Waals surface area contributed by atoms with E-state index in [2.05, 4.69) is 5.32 Å². The van der Waals surface area contributed by atoms with E-state index in [1.165, 1.54) is 0 Å². The van der Waals surface area contributed by atoms with E-state index in [0.717, 1.165) is 11.1 Å². The summed E-state index contributed by atoms with van der Waals surface area (Å²) in [5.41, 5.74) is 2.17. The molecule has 0 aromatic heterocycles. The predicted octanol–water partition coefficient (Wildman–Crippen LogP) is 1.98. The van der Waals surface area contributed by atoms with E-state index in [1.54, 1.807) is 14.0 Å². The van der Waals surface area contributed by atoms with Crippen molar-refractivity contribution >= 4 is 5.97 Å². The van der Waals surface area contributed by atoms with Crippen LogP contribution in [0.1, 0.15) is 24.1 Å². The SMILES string of the molecule is CNC(c1ccccc1C)C(C)C(=O)O. The number of aliphatic carboxylic acids is 1. The highest BCUT2D eigenvalue weighted by atomic mass is 16.4. The quantitative estimate of drug-likeness (QED) is 0.793. The molecule has 2 unspecified atom stereocenters. The normalized spacial score (nSPS) is 14.6. The molecule has 0 saturated heterocycles. The molecule has 3 nitrogen and oxygen atoms in total. The number of hydrogen-bond donors (Lipinski definition) is 2. The fourth-order valence-corrected chi connectivity index (χ4v) is 1.75. The minimum Gasteiger partial charge on any atom is -0.481 e. The second kappa shape index (κ2) is 4.94. The highest BCUT2D eigenvalue weighted by Gasteiger charge is 2.24. The van der Waals surface area contributed by atoms with E-state index >= 15 is 0 Å². The van der Waals surface area contributed by atoms with Crippen molar-refractivity contribution in [2.75, 3.05) is 7.05 Å². The number of aryl methyl sites for hydroxylation is 1. The maximum absolute atomic E-state index is 10.9. The third kappa shape index (κ3) is 2.57. The van der Waals surface area contributed by atoms with Gasteiger partial charge in [-0.1, -0.05) is 31.2 Å². The summed E-state index contributed by atoms with van der Waals surface area (Å²) >= 11 is 0. The third-order valence-corrected chi connectivity index (χ3v) is 2.72. The van der Waals surface area contributed by atoms with Crippen molar-refractivity contribution in [1.82, 2.24) is 5.32 Å². The lowest BCUT2D eigenvalue weighted by Crippen LogP contribution is -2.29. The van der Waals surface area contributed by atoms with E-state index in [0.29, 0.717) is 0 Å². The van der Waals surface area contributed by atoms with Crippen LogP contribution < -0.4 is 5.32 Å². The number of hydrogen-bond acceptors (Lipinski definition) is 2. The molecule has 0 bridgehead atoms. The van der Waals surface area contributed by atoms with Crippen molar-refractivity contribution < 1.29 is 9.90 Å². The predicted molar refractivity (Wildman–Crippen MR) is 59.8 cm³/mol. The van der Waals surface area contributed by atoms with Gasteiger partial charge in [0.05, 0.1) is 5.92 Å². The molecular weight excluding hydrogens is 190 g/mol. The second-order valence-corrected chi connectivity index (χ2v) is 3.75. The molecule has 0 radical (unpaired) electrons. The molecule has 0 saturated carbocycles. The molecule has 2 N–H and O–H groups in total. The Bertz CT molecular complexity index is 349. The second-order valence-electron chi connectivity index (χ2n) is 3.75. The van der Waals surface area contributed by atoms with E-state index in [9.17, 15) is 4.79 Å². The molecule has 1 aromatic rings. The number of benzene rings is 1. The molecule has 1 aromatic carbocycles. The average molecular weight is 207 g/mol. The van der Waals surface area contributed by atoms with Crippen molar-refractivity contribution in [1.29, 1.82) is 0 Å². The Labute approximate surface area is 90.1 Å². The first-order valence-electron chi connectivity index (χ1n) is 5.03. The number of carboxylic acids is 1. The zero-order valence-electron chi connectivity index (χ0n) is 9.32. The Hall–Kier alpha value is -1.35. The first kappa shape index (κ1) is 11.7. The molecule has 1 rings (SSSR count). The van der Waals surface area contributed by atoms with Crippen LogP contribution in [0.5, 0.6) is 0 Å². The topological polar surface area (TPSA) is 49.3 Å². The molecule has 0 spiro atoms. The minimum absolute atomic E-state index is 0.135. The van der Waals surface area contributed by atoms with Crippen molar-refractivity contribution in [3.05, 3.63) is 35.4 Å². The maximum atomic E-state index is 10.9. The Morgan fingerprint density at radius 1 is 1.40 bits per heavy atom. The number of rotatable bonds is 4. The Balaban J connectivity index is 3.02. The van der Waals surface area contributed by atoms with Gasteiger partial charge in [0.1, 0.15) is 0 Å². The summed E-state index contributed by atoms with van der Waals surface area (Å²) < 4.78 is 0. The van der Waals surface area contributed by atoms with E-state index < -0.39 is 11.9 Å². The van der Waals surface area contributed by atoms with Crippen LogP contribution in [-0.4, -0.2) is 18.1 Å². The van der Waals surface area contributed by atoms with Crippen LogP contribution in [0.4, 0.5) is 0 Å². The zero-order chi connectivity index (χ0) is 11.4. The summed E-state index contributed by atoms with van der Waals surface area (Å²) in [6, 6.07) is 7.71. The molecular formula is C12H17NO2. The Kier molecular flexibility index (Phi) is 3.86. The molecule has 15 heavy (non-hydrogen) atoms. The van der Waals surface area contributed by atoms with Crippen molar-refractivity contribution in [3.8, 4) is 0 Å². The summed E-state index contributed by atoms with van der Waals surface area (Å²) in [4.78, 5) is 10.9. The molecule has 0 amide bonds. The van der Waals surface area contributed by atoms with Crippen LogP contribution in [-0.2, 0) is 4.79 Å². The zero-order valence-corrected chi connectivity index (χ0v) is 9.32. The highest BCUT2D eigenvalue weighted by molar-refractivity contribution is 5.71. The van der Waals surface area contributed by atoms with Gasteiger partial charge in [-0.2, -0.15) is 0 Å². The molecule has 0 heterocycles. The van der Waals surface area contributed by atoms with E-state index in [4.69, 9.17) is 5.11 Å². The van der Waals surface area contributed by atoms with Crippen LogP contribution in [0.25, 0.3) is 0 Å². The van der Waals surface area contributed by atoms with Crippen molar-refractivity contribution in [3.63, 3.8) is 0 Å². The summed E-state index contributed by atoms with van der Waals surface area (Å²) in [6.45, 7) is 3.71. The van der Waals surface area contributed by atoms with Gasteiger partial charge in [0.15, 0.2) is 0 Å². The summed E-state index contributed by atoms with van der Waals surface area (Å²) in [5.74, 6) is -1.21. The van der Waals surface area contributed by atoms with Crippen LogP contribution >= 0.6 is 0 Å². The number of nitrogens with one attached hydrogen (secondary N) is 1. The molecule has 3 heteroatoms. The van der Waals surface area contributed by atoms with Gasteiger partial charge in [0.25, 0.3) is 0 Å². The lowest BCUT2D eigenvalue weighted by atomic mass is 9.92. The number of carbonyl (C=O) groups is 1. The monoisotopic (exact) mass is 207 g/mol. The number of carboxylic acid groups (broad SMARTS) is 1. The standard InChI is InChI=1S/C12H17NO2/c1-8-6-4-5-7-10(8)11(13-3)9(2)12(14)15/h4-7,9,11,13H,1-3H3,(H,14,15). The van der Waals surface area contributed by atoms with Gasteiger partial charge in [0, 0.05) is 6.04 Å². The average Bonchev–Trinajstić information content (AvgIpc) is 2.21. The van der Waals surface area contributed by atoms with E-state index in [1.807, 2.05) is 31.2 Å². The molecule has 0 aliphatic carbocycles. The van der Waals surface area contributed by atoms with Crippen LogP contribution in [0.3, 0.4) is 0 Å². The van der Waals surface area contributed by atoms with Gasteiger partial charge in [-0.3, -0.25) is 4.79 Å². The Morgan fingerprint density at radius 2 is 2.00 bits per heavy atom. The van der Waals surface area contributed by atoms with Gasteiger partial charge in [0.2, 0.25) is 0 Å². The summed E-state index contributed by atoms with van der Waals surface area (Å²) in [7, 11) is 1.79. The minimum atomic E-state index is -0.780. The van der Waals surface area contributed by atoms with Gasteiger partial charge in [-0.25, -0.2) is 0 Å². The van der Waals surface area contributed by atoms with Crippen LogP contribution in [0.2, 0.25) is 0 Å². The molecule has 82 valence electrons. The van der Waals surface area contributed by atoms with Crippen LogP contribution in [0, 0.1) is 12.8 Å². The van der Waals surface area contributed by atoms with Crippen LogP contribution in [0.15, 0.2) is 24.3 Å². The first-order valence-corrected chi connectivity index (χ1v) is 5.03. The lowest BCUT2D eigenvalue weighted by molar-refractivity contribution is -0.142. The summed E-state index contributed by atoms with van der Waals surface area (Å²) in [5, 5.41) is 12.1. The fourth-order valence-electron chi connectivity index (χ4n) is 1.75. The smallest absolute Gasteiger partial charge is 0.308 e. The van der Waals surface area contributed by atoms with Gasteiger partial charge in [-0.15, -0.1) is 0 Å². The van der Waals surface area contributed by atoms with Gasteiger partial charge in [-0.05, 0) is 25.1 Å². The van der Waals surface area contributed by atoms with Gasteiger partial charge >= 0.3 is 5.97 Å². The molecule has 0 aliphatic heterocycles. The Morgan fingerprint density at radius 3 is 2.47 bits per heavy atom.